The van der Waals surface area contributed by atoms with Gasteiger partial charge >= 0.3 is 0 Å². The molecule has 2 aliphatic carbocycles. The molecule has 2 spiro atoms. The second-order valence-corrected chi connectivity index (χ2v) is 20.3. The number of hydrogen-bond donors (Lipinski definition) is 5. The van der Waals surface area contributed by atoms with E-state index in [0.717, 1.165) is 76.3 Å². The third-order valence-electron chi connectivity index (χ3n) is 13.5. The number of thiazole rings is 1. The number of carbonyl (C=O) groups is 4. The number of pyridine rings is 1. The number of hydrogen-bond acceptors (Lipinski definition) is 12. The molecule has 0 bridgehead atoms. The van der Waals surface area contributed by atoms with Crippen molar-refractivity contribution in [3.63, 3.8) is 0 Å². The van der Waals surface area contributed by atoms with Crippen LogP contribution < -0.4 is 32.1 Å². The number of anilines is 3. The Hall–Kier alpha value is -5.32. The van der Waals surface area contributed by atoms with E-state index in [9.17, 15) is 24.0 Å². The summed E-state index contributed by atoms with van der Waals surface area (Å²) in [6.45, 7) is 12.2. The van der Waals surface area contributed by atoms with E-state index in [-0.39, 0.29) is 40.8 Å². The van der Waals surface area contributed by atoms with Crippen molar-refractivity contribution < 1.29 is 19.2 Å². The van der Waals surface area contributed by atoms with E-state index in [2.05, 4.69) is 65.8 Å². The van der Waals surface area contributed by atoms with Crippen molar-refractivity contribution in [2.45, 2.75) is 142 Å². The van der Waals surface area contributed by atoms with Crippen LogP contribution in [0.4, 0.5) is 17.3 Å². The number of carbonyl (C=O) groups excluding carboxylic acids is 4. The van der Waals surface area contributed by atoms with Crippen LogP contribution >= 0.6 is 11.3 Å². The van der Waals surface area contributed by atoms with Gasteiger partial charge in [-0.2, -0.15) is 0 Å². The predicted molar refractivity (Wildman–Crippen MR) is 255 cm³/mol. The molecule has 0 radical (unpaired) electrons. The molecule has 2 atom stereocenters. The lowest BCUT2D eigenvalue weighted by molar-refractivity contribution is -0.139. The molecule has 2 aliphatic heterocycles. The maximum atomic E-state index is 13.8. The lowest BCUT2D eigenvalue weighted by atomic mass is 9.79. The lowest BCUT2D eigenvalue weighted by Gasteiger charge is -2.39. The van der Waals surface area contributed by atoms with Crippen LogP contribution in [0.25, 0.3) is 10.4 Å². The maximum Gasteiger partial charge on any atom is 0.276 e. The standard InChI is InChI=1S/C37H52N8O5.C12H14N2S/c1-24-20-26(33(49)45-30(24)32(48)43-37(45)16-14-36(12-13-36)15-17-37)41-27-21-28(40-23-39-27)42-29(47)11-7-5-6-8-18-38-31(35(2,3)4)34(50)44-19-9-10-25(44)22-46;1-9-12(15-8-14-9)11-5-3-10(4-6-11)7-13-2/h20-23,25,31,38H,5-19H2,1-4H3,(H,43,48)(H2,39,40,41,42,47);3-6,8,13H,7H2,1-2H3/t25-,31+;/m0./s1. The number of likely N-dealkylation sites (tertiary alicyclic amines) is 1. The molecule has 2 saturated carbocycles. The third-order valence-corrected chi connectivity index (χ3v) is 14.5. The van der Waals surface area contributed by atoms with E-state index in [1.807, 2.05) is 47.2 Å². The summed E-state index contributed by atoms with van der Waals surface area (Å²) in [6, 6.07) is 11.2. The number of fused-ring (bicyclic) bond motifs is 2. The number of aldehydes is 1. The van der Waals surface area contributed by atoms with Gasteiger partial charge in [0.25, 0.3) is 11.5 Å². The number of rotatable bonds is 16. The third kappa shape index (κ3) is 11.2. The minimum absolute atomic E-state index is 0.00513. The first-order chi connectivity index (χ1) is 31.2. The first-order valence-corrected chi connectivity index (χ1v) is 24.2. The van der Waals surface area contributed by atoms with Crippen LogP contribution in [0.2, 0.25) is 0 Å². The molecule has 15 nitrogen and oxygen atoms in total. The number of aryl methyl sites for hydroxylation is 2. The summed E-state index contributed by atoms with van der Waals surface area (Å²) in [5.74, 6) is 0.333. The Morgan fingerprint density at radius 1 is 0.954 bits per heavy atom. The first-order valence-electron chi connectivity index (χ1n) is 23.3. The molecule has 4 aliphatic rings. The molecular formula is C49H66N10O5S. The van der Waals surface area contributed by atoms with E-state index in [1.165, 1.54) is 35.2 Å². The summed E-state index contributed by atoms with van der Waals surface area (Å²) in [6.07, 6.45) is 13.5. The SMILES string of the molecule is CNCc1ccc(-c2scnc2C)cc1.Cc1cc(Nc2cc(NC(=O)CCCCCCN[C@H](C(=O)N3CCC[C@H]3C=O)C(C)(C)C)ncn2)c(=O)n2c1C(=O)NC21CCC2(CC2)CC1. The van der Waals surface area contributed by atoms with Crippen molar-refractivity contribution in [2.24, 2.45) is 10.8 Å². The topological polar surface area (TPSA) is 192 Å². The number of benzene rings is 1. The first kappa shape index (κ1) is 47.6. The number of nitrogens with one attached hydrogen (secondary N) is 5. The van der Waals surface area contributed by atoms with Crippen LogP contribution in [0.15, 0.2) is 53.0 Å². The highest BCUT2D eigenvalue weighted by Gasteiger charge is 2.54. The van der Waals surface area contributed by atoms with E-state index in [1.54, 1.807) is 32.9 Å². The van der Waals surface area contributed by atoms with Crippen molar-refractivity contribution in [2.75, 3.05) is 30.8 Å². The number of amides is 3. The minimum Gasteiger partial charge on any atom is -0.336 e. The van der Waals surface area contributed by atoms with Gasteiger partial charge in [-0.15, -0.1) is 11.3 Å². The number of aromatic nitrogens is 4. The Balaban J connectivity index is 0.000000354. The van der Waals surface area contributed by atoms with Crippen LogP contribution in [-0.4, -0.2) is 80.6 Å². The largest absolute Gasteiger partial charge is 0.336 e. The van der Waals surface area contributed by atoms with Crippen LogP contribution in [0, 0.1) is 24.7 Å². The van der Waals surface area contributed by atoms with Crippen molar-refractivity contribution in [3.05, 3.63) is 81.1 Å². The van der Waals surface area contributed by atoms with E-state index < -0.39 is 5.66 Å². The summed E-state index contributed by atoms with van der Waals surface area (Å²) in [4.78, 5) is 80.0. The average molecular weight is 907 g/mol. The van der Waals surface area contributed by atoms with Crippen molar-refractivity contribution in [1.29, 1.82) is 0 Å². The fraction of sp³-hybridized carbons (Fsp3) is 0.551. The Morgan fingerprint density at radius 2 is 1.66 bits per heavy atom. The molecule has 0 unspecified atom stereocenters. The zero-order valence-corrected chi connectivity index (χ0v) is 39.7. The summed E-state index contributed by atoms with van der Waals surface area (Å²) < 4.78 is 1.67. The molecule has 8 rings (SSSR count). The summed E-state index contributed by atoms with van der Waals surface area (Å²) in [5, 5.41) is 15.7. The lowest BCUT2D eigenvalue weighted by Crippen LogP contribution is -2.54. The van der Waals surface area contributed by atoms with E-state index in [4.69, 9.17) is 0 Å². The molecule has 348 valence electrons. The highest BCUT2D eigenvalue weighted by molar-refractivity contribution is 7.13. The molecule has 3 amide bonds. The molecule has 4 aromatic rings. The Labute approximate surface area is 386 Å². The average Bonchev–Trinajstić information content (AvgIpc) is 3.52. The monoisotopic (exact) mass is 906 g/mol. The Morgan fingerprint density at radius 3 is 2.32 bits per heavy atom. The van der Waals surface area contributed by atoms with Gasteiger partial charge in [-0.25, -0.2) is 15.0 Å². The van der Waals surface area contributed by atoms with Gasteiger partial charge in [0, 0.05) is 25.6 Å². The smallest absolute Gasteiger partial charge is 0.276 e. The van der Waals surface area contributed by atoms with Gasteiger partial charge in [0.15, 0.2) is 0 Å². The molecule has 3 fully saturated rings. The second-order valence-electron chi connectivity index (χ2n) is 19.5. The molecule has 3 aromatic heterocycles. The van der Waals surface area contributed by atoms with Crippen LogP contribution in [0.5, 0.6) is 0 Å². The summed E-state index contributed by atoms with van der Waals surface area (Å²) in [5.41, 5.74) is 6.19. The molecular weight excluding hydrogens is 841 g/mol. The Bertz CT molecular complexity index is 2390. The predicted octanol–water partition coefficient (Wildman–Crippen LogP) is 7.36. The summed E-state index contributed by atoms with van der Waals surface area (Å²) >= 11 is 1.70. The van der Waals surface area contributed by atoms with E-state index in [0.29, 0.717) is 59.9 Å². The normalized spacial score (nSPS) is 18.4. The number of nitrogens with zero attached hydrogens (tertiary/aromatic N) is 5. The molecule has 5 N–H and O–H groups in total. The fourth-order valence-electron chi connectivity index (χ4n) is 9.61. The van der Waals surface area contributed by atoms with Crippen molar-refractivity contribution >= 4 is 52.7 Å². The summed E-state index contributed by atoms with van der Waals surface area (Å²) in [7, 11) is 1.96. The van der Waals surface area contributed by atoms with Gasteiger partial charge in [0.2, 0.25) is 11.8 Å². The van der Waals surface area contributed by atoms with Crippen LogP contribution in [0.1, 0.15) is 132 Å². The minimum atomic E-state index is -0.690. The quantitative estimate of drug-likeness (QED) is 0.0558. The zero-order chi connectivity index (χ0) is 46.4. The van der Waals surface area contributed by atoms with Gasteiger partial charge < -0.3 is 36.3 Å². The van der Waals surface area contributed by atoms with Gasteiger partial charge in [0.1, 0.15) is 41.3 Å². The van der Waals surface area contributed by atoms with Crippen LogP contribution in [-0.2, 0) is 26.6 Å². The van der Waals surface area contributed by atoms with Crippen LogP contribution in [0.3, 0.4) is 0 Å². The fourth-order valence-corrected chi connectivity index (χ4v) is 10.4. The highest BCUT2D eigenvalue weighted by atomic mass is 32.1. The van der Waals surface area contributed by atoms with E-state index >= 15 is 0 Å². The zero-order valence-electron chi connectivity index (χ0n) is 38.9. The van der Waals surface area contributed by atoms with Gasteiger partial charge in [0.05, 0.1) is 28.2 Å². The molecule has 1 aromatic carbocycles. The van der Waals surface area contributed by atoms with Gasteiger partial charge in [-0.1, -0.05) is 57.9 Å². The molecule has 1 saturated heterocycles. The molecule has 5 heterocycles. The van der Waals surface area contributed by atoms with Gasteiger partial charge in [-0.05, 0) is 125 Å². The second kappa shape index (κ2) is 20.5. The maximum absolute atomic E-state index is 13.8. The molecule has 65 heavy (non-hydrogen) atoms. The highest BCUT2D eigenvalue weighted by Crippen LogP contribution is 2.59. The molecule has 16 heteroatoms. The van der Waals surface area contributed by atoms with Gasteiger partial charge in [-0.3, -0.25) is 23.7 Å². The van der Waals surface area contributed by atoms with Crippen molar-refractivity contribution in [3.8, 4) is 10.4 Å². The number of unbranched alkanes of at least 4 members (excludes halogenated alkanes) is 3. The van der Waals surface area contributed by atoms with Crippen molar-refractivity contribution in [1.82, 2.24) is 40.4 Å². The Kier molecular flexibility index (Phi) is 15.0.